The van der Waals surface area contributed by atoms with Crippen LogP contribution >= 0.6 is 0 Å². The Balaban J connectivity index is 1.37. The van der Waals surface area contributed by atoms with Gasteiger partial charge in [-0.25, -0.2) is 21.6 Å². The molecule has 0 N–H and O–H groups in total. The normalized spacial score (nSPS) is 16.6. The molecule has 254 valence electrons. The number of carbonyl (C=O) groups excluding carboxylic acids is 1. The monoisotopic (exact) mass is 686 g/mol. The van der Waals surface area contributed by atoms with E-state index in [1.165, 1.54) is 26.4 Å². The zero-order valence-corrected chi connectivity index (χ0v) is 27.0. The molecule has 1 aliphatic heterocycles. The summed E-state index contributed by atoms with van der Waals surface area (Å²) in [7, 11) is -1.99. The van der Waals surface area contributed by atoms with E-state index >= 15 is 4.39 Å². The molecular formula is C33H33F3N4O7S. The van der Waals surface area contributed by atoms with Crippen LogP contribution in [0.4, 0.5) is 24.5 Å². The van der Waals surface area contributed by atoms with Crippen molar-refractivity contribution in [2.24, 2.45) is 5.41 Å². The van der Waals surface area contributed by atoms with E-state index in [4.69, 9.17) is 9.47 Å². The first-order valence-electron chi connectivity index (χ1n) is 15.0. The van der Waals surface area contributed by atoms with Gasteiger partial charge < -0.3 is 14.4 Å². The molecule has 1 aromatic heterocycles. The Bertz CT molecular complexity index is 1960. The zero-order chi connectivity index (χ0) is 34.6. The van der Waals surface area contributed by atoms with Crippen molar-refractivity contribution < 1.29 is 40.8 Å². The average Bonchev–Trinajstić information content (AvgIpc) is 3.50. The van der Waals surface area contributed by atoms with Crippen LogP contribution in [0.5, 0.6) is 5.75 Å². The first kappa shape index (κ1) is 34.6. The Morgan fingerprint density at radius 2 is 1.85 bits per heavy atom. The average molecular weight is 687 g/mol. The summed E-state index contributed by atoms with van der Waals surface area (Å²) in [5, 5.41) is 12.3. The van der Waals surface area contributed by atoms with Crippen LogP contribution in [0.3, 0.4) is 0 Å². The van der Waals surface area contributed by atoms with Gasteiger partial charge >= 0.3 is 5.97 Å². The molecule has 11 nitrogen and oxygen atoms in total. The van der Waals surface area contributed by atoms with Gasteiger partial charge in [0.2, 0.25) is 0 Å². The van der Waals surface area contributed by atoms with Crippen LogP contribution in [0, 0.1) is 33.0 Å². The predicted octanol–water partition coefficient (Wildman–Crippen LogP) is 5.65. The van der Waals surface area contributed by atoms with Crippen LogP contribution < -0.4 is 9.04 Å². The fraction of sp³-hybridized carbons (Fsp3) is 0.333. The number of fused-ring (bicyclic) bond motifs is 1. The van der Waals surface area contributed by atoms with Crippen LogP contribution in [-0.2, 0) is 26.0 Å². The molecule has 2 heterocycles. The van der Waals surface area contributed by atoms with Crippen molar-refractivity contribution in [1.29, 1.82) is 0 Å². The number of para-hydroxylation sites is 1. The highest BCUT2D eigenvalue weighted by Gasteiger charge is 2.45. The molecule has 5 rings (SSSR count). The molecule has 1 unspecified atom stereocenters. The largest absolute Gasteiger partial charge is 0.497 e. The number of hydrogen-bond acceptors (Lipinski definition) is 9. The van der Waals surface area contributed by atoms with Crippen molar-refractivity contribution in [3.05, 3.63) is 100.0 Å². The van der Waals surface area contributed by atoms with E-state index in [0.29, 0.717) is 58.4 Å². The number of sulfonamides is 1. The lowest BCUT2D eigenvalue weighted by Crippen LogP contribution is -2.41. The number of esters is 1. The van der Waals surface area contributed by atoms with Crippen molar-refractivity contribution in [3.8, 4) is 5.75 Å². The lowest BCUT2D eigenvalue weighted by Gasteiger charge is -2.29. The molecule has 3 aromatic carbocycles. The number of methoxy groups -OCH3 is 2. The quantitative estimate of drug-likeness (QED) is 0.0994. The second-order valence-corrected chi connectivity index (χ2v) is 13.3. The zero-order valence-electron chi connectivity index (χ0n) is 26.2. The minimum Gasteiger partial charge on any atom is -0.497 e. The van der Waals surface area contributed by atoms with Crippen LogP contribution in [0.25, 0.3) is 10.9 Å². The van der Waals surface area contributed by atoms with Gasteiger partial charge in [-0.15, -0.1) is 0 Å². The van der Waals surface area contributed by atoms with Gasteiger partial charge in [0.25, 0.3) is 15.7 Å². The number of carbonyl (C=O) groups is 1. The molecule has 1 saturated heterocycles. The van der Waals surface area contributed by atoms with Crippen molar-refractivity contribution in [1.82, 2.24) is 9.88 Å². The summed E-state index contributed by atoms with van der Waals surface area (Å²) in [6, 6.07) is 12.1. The number of nitro benzene ring substituents is 1. The minimum absolute atomic E-state index is 0.0298. The fourth-order valence-corrected chi connectivity index (χ4v) is 7.87. The summed E-state index contributed by atoms with van der Waals surface area (Å²) in [5.41, 5.74) is -1.31. The molecule has 1 atom stereocenters. The maximum Gasteiger partial charge on any atom is 0.313 e. The number of rotatable bonds is 13. The Morgan fingerprint density at radius 3 is 2.58 bits per heavy atom. The van der Waals surface area contributed by atoms with Crippen LogP contribution in [0.15, 0.2) is 71.8 Å². The summed E-state index contributed by atoms with van der Waals surface area (Å²) in [6.45, 7) is 0.0436. The van der Waals surface area contributed by atoms with Gasteiger partial charge in [0.05, 0.1) is 42.0 Å². The van der Waals surface area contributed by atoms with E-state index in [0.717, 1.165) is 30.5 Å². The number of nitrogens with zero attached hydrogens (tertiary/aromatic N) is 4. The molecule has 0 amide bonds. The van der Waals surface area contributed by atoms with Crippen LogP contribution in [0.2, 0.25) is 0 Å². The number of anilines is 1. The van der Waals surface area contributed by atoms with Gasteiger partial charge in [-0.3, -0.25) is 24.2 Å². The molecule has 0 bridgehead atoms. The highest BCUT2D eigenvalue weighted by atomic mass is 32.2. The Morgan fingerprint density at radius 1 is 1.08 bits per heavy atom. The fourth-order valence-electron chi connectivity index (χ4n) is 6.25. The molecule has 4 aromatic rings. The number of nitro groups is 1. The van der Waals surface area contributed by atoms with Crippen LogP contribution in [-0.4, -0.2) is 69.6 Å². The molecule has 0 aliphatic carbocycles. The number of hydrogen-bond donors (Lipinski definition) is 0. The molecule has 48 heavy (non-hydrogen) atoms. The minimum atomic E-state index is -4.77. The standard InChI is InChI=1S/C33H33F3N4O7S/c1-46-23-10-12-28-25(19-23)24(27(36)20-37-28)6-5-13-33(32(41)47-2)14-15-38(21-33)16-17-39(30-18-22(34)9-11-26(30)35)48(44,45)31-8-4-3-7-29(31)40(42)43/h3-4,7-12,18-20H,5-6,13-17,21H2,1-2H3. The number of halogens is 3. The lowest BCUT2D eigenvalue weighted by atomic mass is 9.81. The number of aromatic nitrogens is 1. The topological polar surface area (TPSA) is 132 Å². The van der Waals surface area contributed by atoms with E-state index in [2.05, 4.69) is 4.98 Å². The van der Waals surface area contributed by atoms with Gasteiger partial charge in [0.15, 0.2) is 4.90 Å². The molecule has 15 heteroatoms. The molecule has 0 radical (unpaired) electrons. The molecular weight excluding hydrogens is 653 g/mol. The summed E-state index contributed by atoms with van der Waals surface area (Å²) in [6.07, 6.45) is 2.52. The van der Waals surface area contributed by atoms with Gasteiger partial charge in [0.1, 0.15) is 23.2 Å². The van der Waals surface area contributed by atoms with E-state index in [1.807, 2.05) is 0 Å². The summed E-state index contributed by atoms with van der Waals surface area (Å²) >= 11 is 0. The number of ether oxygens (including phenoxy) is 2. The highest BCUT2D eigenvalue weighted by molar-refractivity contribution is 7.93. The molecule has 1 aliphatic rings. The number of benzene rings is 3. The first-order chi connectivity index (χ1) is 22.9. The molecule has 0 spiro atoms. The second-order valence-electron chi connectivity index (χ2n) is 11.5. The summed E-state index contributed by atoms with van der Waals surface area (Å²) in [5.74, 6) is -2.37. The number of likely N-dealkylation sites (tertiary alicyclic amines) is 1. The van der Waals surface area contributed by atoms with Crippen molar-refractivity contribution in [3.63, 3.8) is 0 Å². The number of pyridine rings is 1. The van der Waals surface area contributed by atoms with E-state index < -0.39 is 66.6 Å². The third kappa shape index (κ3) is 6.92. The smallest absolute Gasteiger partial charge is 0.313 e. The lowest BCUT2D eigenvalue weighted by molar-refractivity contribution is -0.387. The Labute approximate surface area is 275 Å². The van der Waals surface area contributed by atoms with E-state index in [9.17, 15) is 32.1 Å². The van der Waals surface area contributed by atoms with Gasteiger partial charge in [-0.05, 0) is 74.2 Å². The molecule has 1 fully saturated rings. The van der Waals surface area contributed by atoms with Crippen molar-refractivity contribution in [2.75, 3.05) is 44.7 Å². The number of aryl methyl sites for hydroxylation is 1. The highest BCUT2D eigenvalue weighted by Crippen LogP contribution is 2.38. The second kappa shape index (κ2) is 14.2. The van der Waals surface area contributed by atoms with Gasteiger partial charge in [-0.2, -0.15) is 0 Å². The van der Waals surface area contributed by atoms with Gasteiger partial charge in [-0.1, -0.05) is 12.1 Å². The SMILES string of the molecule is COC(=O)C1(CCCc2c(F)cnc3ccc(OC)cc23)CCN(CCN(c2cc(F)ccc2F)S(=O)(=O)c2ccccc2[N+](=O)[O-])C1. The summed E-state index contributed by atoms with van der Waals surface area (Å²) < 4.78 is 83.0. The van der Waals surface area contributed by atoms with Crippen LogP contribution in [0.1, 0.15) is 24.8 Å². The third-order valence-electron chi connectivity index (χ3n) is 8.69. The Kier molecular flexibility index (Phi) is 10.2. The maximum atomic E-state index is 15.0. The first-order valence-corrected chi connectivity index (χ1v) is 16.5. The third-order valence-corrected chi connectivity index (χ3v) is 10.6. The maximum absolute atomic E-state index is 15.0. The summed E-state index contributed by atoms with van der Waals surface area (Å²) in [4.78, 5) is 29.2. The van der Waals surface area contributed by atoms with E-state index in [1.54, 1.807) is 23.1 Å². The predicted molar refractivity (Wildman–Crippen MR) is 171 cm³/mol. The van der Waals surface area contributed by atoms with E-state index in [-0.39, 0.29) is 19.5 Å². The van der Waals surface area contributed by atoms with Crippen molar-refractivity contribution >= 4 is 38.3 Å². The van der Waals surface area contributed by atoms with Gasteiger partial charge in [0, 0.05) is 37.2 Å². The van der Waals surface area contributed by atoms with Crippen molar-refractivity contribution in [2.45, 2.75) is 30.6 Å². The Hall–Kier alpha value is -4.76. The molecule has 0 saturated carbocycles.